The van der Waals surface area contributed by atoms with Gasteiger partial charge in [-0.3, -0.25) is 79.1 Å². The number of aromatic nitrogens is 13. The first-order valence-electron chi connectivity index (χ1n) is 48.2. The van der Waals surface area contributed by atoms with Gasteiger partial charge in [0.2, 0.25) is 0 Å². The number of aromatic amines is 4. The normalized spacial score (nSPS) is 14.8. The van der Waals surface area contributed by atoms with Crippen LogP contribution in [0.4, 0.5) is 28.6 Å². The van der Waals surface area contributed by atoms with Crippen molar-refractivity contribution >= 4 is 95.8 Å². The predicted molar refractivity (Wildman–Crippen MR) is 564 cm³/mol. The van der Waals surface area contributed by atoms with Gasteiger partial charge in [-0.1, -0.05) is 60.7 Å². The van der Waals surface area contributed by atoms with Gasteiger partial charge in [0, 0.05) is 262 Å². The highest BCUT2D eigenvalue weighted by Crippen LogP contribution is 2.34. The Morgan fingerprint density at radius 2 is 0.599 bits per heavy atom. The second-order valence-corrected chi connectivity index (χ2v) is 38.2. The summed E-state index contributed by atoms with van der Waals surface area (Å²) in [5.41, 5.74) is 24.0. The Morgan fingerprint density at radius 3 is 0.908 bits per heavy atom. The molecule has 4 aliphatic heterocycles. The van der Waals surface area contributed by atoms with Gasteiger partial charge in [-0.2, -0.15) is 20.4 Å². The van der Waals surface area contributed by atoms with Gasteiger partial charge in [0.15, 0.2) is 22.8 Å². The lowest BCUT2D eigenvalue weighted by Crippen LogP contribution is -2.43. The Bertz CT molecular complexity index is 6990. The van der Waals surface area contributed by atoms with Crippen LogP contribution in [0.1, 0.15) is 80.9 Å². The van der Waals surface area contributed by atoms with Gasteiger partial charge in [-0.15, -0.1) is 0 Å². The standard InChI is InChI=1S/2C28H33N7O.C27H30N6O2.C26H30N8O/c1-33(2)18-20-4-7-24(8-5-20)30-28(36)27-25-15-22(6-9-26(25)31-32-27)23-14-21(16-29-17-23)19-35-12-10-34(3)11-13-35;1-33(2)18-20-5-4-6-24(14-20)30-28(36)27-25-15-22(7-8-26(25)31-32-27)23-13-21(16-29-17-23)19-35-11-9-34(3)10-12-35;1-32(2)17-19-3-6-23(7-4-19)29-27(34)26-24-14-21(5-8-25(24)30-31-26)22-13-20(15-28-16-22)18-33-9-11-35-12-10-33;1-32(2)24-7-5-21(16-28-24)29-26(35)25-22-13-19(4-6-23(22)30-31-25)20-12-18(14-27-15-20)17-34-10-8-33(3)9-11-34/h4-9,14-17H,10-13,18-19H2,1-3H3,(H,30,36)(H,31,32);4-8,13-17H,9-12,18-19H2,1-3H3,(H,30,36)(H,31,32);3-8,13-16H,9-12,17-18H2,1-2H3,(H,29,34)(H,30,31);4-7,12-16H,8-11,17H2,1-3H3,(H,29,35)(H,30,31). The molecule has 7 aromatic carbocycles. The summed E-state index contributed by atoms with van der Waals surface area (Å²) in [6, 6.07) is 60.2. The molecule has 0 bridgehead atoms. The molecule has 0 spiro atoms. The van der Waals surface area contributed by atoms with E-state index in [-0.39, 0.29) is 23.6 Å². The van der Waals surface area contributed by atoms with Crippen LogP contribution in [0.15, 0.2) is 238 Å². The van der Waals surface area contributed by atoms with E-state index in [1.807, 2.05) is 263 Å². The van der Waals surface area contributed by atoms with Crippen molar-refractivity contribution in [2.75, 3.05) is 209 Å². The number of benzene rings is 7. The molecule has 0 aliphatic carbocycles. The summed E-state index contributed by atoms with van der Waals surface area (Å²) in [6.07, 6.45) is 16.9. The van der Waals surface area contributed by atoms with E-state index >= 15 is 0 Å². The number of fused-ring (bicyclic) bond motifs is 4. The number of morpholine rings is 1. The first-order chi connectivity index (χ1) is 68.9. The zero-order valence-corrected chi connectivity index (χ0v) is 82.8. The van der Waals surface area contributed by atoms with Gasteiger partial charge in [-0.05, 0) is 246 Å². The SMILES string of the molecule is CN(C)Cc1ccc(NC(=O)c2n[nH]c3ccc(-c4cncc(CN5CCN(C)CC5)c4)cc23)cc1.CN(C)Cc1ccc(NC(=O)c2n[nH]c3ccc(-c4cncc(CN5CCOCC5)c4)cc23)cc1.CN(C)Cc1cccc(NC(=O)c2n[nH]c3ccc(-c4cncc(CN5CCN(C)CC5)c4)cc23)c1.CN1CCN(Cc2cncc(-c3ccc4[nH]nc(C(=O)Nc5ccc(N(C)C)nc5)c4c3)c2)CC1. The van der Waals surface area contributed by atoms with E-state index in [1.54, 1.807) is 6.20 Å². The van der Waals surface area contributed by atoms with Gasteiger partial charge >= 0.3 is 0 Å². The number of amides is 4. The number of likely N-dealkylation sites (N-methyl/N-ethyl adjacent to an activating group) is 3. The lowest BCUT2D eigenvalue weighted by Gasteiger charge is -2.32. The van der Waals surface area contributed by atoms with Crippen LogP contribution in [0.25, 0.3) is 88.1 Å². The Hall–Kier alpha value is -14.6. The molecule has 4 amide bonds. The van der Waals surface area contributed by atoms with Crippen LogP contribution in [-0.4, -0.2) is 321 Å². The number of H-pyrrole nitrogens is 4. The monoisotopic (exact) mass is 1910 g/mol. The maximum absolute atomic E-state index is 13.1. The smallest absolute Gasteiger partial charge is 0.276 e. The van der Waals surface area contributed by atoms with Crippen molar-refractivity contribution in [1.82, 2.24) is 115 Å². The molecule has 33 nitrogen and oxygen atoms in total. The van der Waals surface area contributed by atoms with Crippen LogP contribution < -0.4 is 26.2 Å². The van der Waals surface area contributed by atoms with E-state index in [0.29, 0.717) is 28.5 Å². The third-order valence-electron chi connectivity index (χ3n) is 25.7. The average Bonchev–Trinajstić information content (AvgIpc) is 1.64. The third kappa shape index (κ3) is 26.4. The molecule has 4 saturated heterocycles. The summed E-state index contributed by atoms with van der Waals surface area (Å²) in [7, 11) is 22.5. The fourth-order valence-corrected chi connectivity index (χ4v) is 17.9. The fourth-order valence-electron chi connectivity index (χ4n) is 17.9. The molecular weight excluding hydrogens is 1780 g/mol. The van der Waals surface area contributed by atoms with Gasteiger partial charge in [0.1, 0.15) is 5.82 Å². The summed E-state index contributed by atoms with van der Waals surface area (Å²) < 4.78 is 5.45. The predicted octanol–water partition coefficient (Wildman–Crippen LogP) is 14.2. The number of ether oxygens (including phenoxy) is 1. The quantitative estimate of drug-likeness (QED) is 0.0237. The van der Waals surface area contributed by atoms with Gasteiger partial charge in [0.25, 0.3) is 23.6 Å². The molecule has 4 fully saturated rings. The second-order valence-electron chi connectivity index (χ2n) is 38.2. The number of anilines is 5. The van der Waals surface area contributed by atoms with Crippen LogP contribution in [-0.2, 0) is 50.6 Å². The Kier molecular flexibility index (Phi) is 32.5. The number of hydrogen-bond donors (Lipinski definition) is 8. The lowest BCUT2D eigenvalue weighted by atomic mass is 10.0. The van der Waals surface area contributed by atoms with E-state index in [1.165, 1.54) is 27.8 Å². The highest BCUT2D eigenvalue weighted by molar-refractivity contribution is 6.15. The van der Waals surface area contributed by atoms with Crippen LogP contribution in [0.2, 0.25) is 0 Å². The third-order valence-corrected chi connectivity index (χ3v) is 25.7. The first kappa shape index (κ1) is 99.0. The van der Waals surface area contributed by atoms with E-state index in [2.05, 4.69) is 187 Å². The van der Waals surface area contributed by atoms with Crippen LogP contribution in [0.5, 0.6) is 0 Å². The van der Waals surface area contributed by atoms with Gasteiger partial charge in [-0.25, -0.2) is 4.98 Å². The minimum Gasteiger partial charge on any atom is -0.379 e. The number of rotatable bonds is 27. The van der Waals surface area contributed by atoms with E-state index in [4.69, 9.17) is 4.74 Å². The molecular formula is C109H126N28O5. The maximum Gasteiger partial charge on any atom is 0.276 e. The number of hydrogen-bond acceptors (Lipinski definition) is 25. The van der Waals surface area contributed by atoms with Crippen LogP contribution in [0.3, 0.4) is 0 Å². The van der Waals surface area contributed by atoms with E-state index < -0.39 is 0 Å². The number of pyridine rings is 5. The molecule has 142 heavy (non-hydrogen) atoms. The largest absolute Gasteiger partial charge is 0.379 e. The van der Waals surface area contributed by atoms with Crippen molar-refractivity contribution in [2.24, 2.45) is 0 Å². The minimum absolute atomic E-state index is 0.234. The minimum atomic E-state index is -0.283. The number of carbonyl (C=O) groups excluding carboxylic acids is 4. The summed E-state index contributed by atoms with van der Waals surface area (Å²) in [4.78, 5) is 99.7. The molecule has 732 valence electrons. The van der Waals surface area contributed by atoms with Crippen LogP contribution >= 0.6 is 0 Å². The molecule has 0 unspecified atom stereocenters. The Balaban J connectivity index is 0.000000130. The molecule has 33 heteroatoms. The molecule has 13 heterocycles. The molecule has 8 N–H and O–H groups in total. The zero-order chi connectivity index (χ0) is 98.7. The number of nitrogens with zero attached hydrogens (tertiary/aromatic N) is 20. The molecule has 4 aliphatic rings. The van der Waals surface area contributed by atoms with Crippen molar-refractivity contribution in [3.63, 3.8) is 0 Å². The van der Waals surface area contributed by atoms with Crippen molar-refractivity contribution in [2.45, 2.75) is 45.8 Å². The van der Waals surface area contributed by atoms with Crippen molar-refractivity contribution in [3.8, 4) is 44.5 Å². The number of nitrogens with one attached hydrogen (secondary N) is 8. The molecule has 0 radical (unpaired) electrons. The first-order valence-corrected chi connectivity index (χ1v) is 48.2. The molecule has 20 rings (SSSR count). The Labute approximate surface area is 828 Å². The van der Waals surface area contributed by atoms with E-state index in [9.17, 15) is 19.2 Å². The van der Waals surface area contributed by atoms with Crippen molar-refractivity contribution in [1.29, 1.82) is 0 Å². The Morgan fingerprint density at radius 1 is 0.296 bits per heavy atom. The average molecular weight is 1910 g/mol. The van der Waals surface area contributed by atoms with Crippen molar-refractivity contribution < 1.29 is 23.9 Å². The maximum atomic E-state index is 13.1. The summed E-state index contributed by atoms with van der Waals surface area (Å²) >= 11 is 0. The summed E-state index contributed by atoms with van der Waals surface area (Å²) in [5.74, 6) is -0.174. The van der Waals surface area contributed by atoms with E-state index in [0.717, 1.165) is 273 Å². The molecule has 16 aromatic rings. The topological polar surface area (TPSA) is 340 Å². The van der Waals surface area contributed by atoms with Gasteiger partial charge in [0.05, 0.1) is 47.2 Å². The highest BCUT2D eigenvalue weighted by Gasteiger charge is 2.25. The molecule has 0 atom stereocenters. The van der Waals surface area contributed by atoms with Gasteiger partial charge < -0.3 is 60.3 Å². The highest BCUT2D eigenvalue weighted by atomic mass is 16.5. The van der Waals surface area contributed by atoms with Crippen molar-refractivity contribution in [3.05, 3.63) is 299 Å². The summed E-state index contributed by atoms with van der Waals surface area (Å²) in [6.45, 7) is 22.4. The lowest BCUT2D eigenvalue weighted by molar-refractivity contribution is 0.0341. The molecule has 9 aromatic heterocycles. The second kappa shape index (κ2) is 46.7. The number of carbonyl (C=O) groups is 4. The van der Waals surface area contributed by atoms with Crippen LogP contribution in [0, 0.1) is 0 Å². The summed E-state index contributed by atoms with van der Waals surface area (Å²) in [5, 5.41) is 44.1. The fraction of sp³-hybridized carbons (Fsp3) is 0.312. The molecule has 0 saturated carbocycles. The number of piperazine rings is 3. The zero-order valence-electron chi connectivity index (χ0n) is 82.8.